The molecular weight excluding hydrogens is 220 g/mol. The van der Waals surface area contributed by atoms with E-state index in [1.807, 2.05) is 12.3 Å². The second-order valence-corrected chi connectivity index (χ2v) is 6.30. The van der Waals surface area contributed by atoms with Gasteiger partial charge in [-0.3, -0.25) is 4.98 Å². The first-order chi connectivity index (χ1) is 8.59. The molecule has 1 aromatic heterocycles. The van der Waals surface area contributed by atoms with Crippen LogP contribution in [0.4, 0.5) is 0 Å². The highest BCUT2D eigenvalue weighted by molar-refractivity contribution is 5.08. The molecule has 1 aliphatic rings. The number of hydrogen-bond acceptors (Lipinski definition) is 2. The molecule has 0 spiro atoms. The van der Waals surface area contributed by atoms with Crippen LogP contribution in [0.3, 0.4) is 0 Å². The monoisotopic (exact) mass is 246 g/mol. The van der Waals surface area contributed by atoms with Crippen LogP contribution < -0.4 is 5.73 Å². The van der Waals surface area contributed by atoms with Gasteiger partial charge in [-0.2, -0.15) is 0 Å². The Hall–Kier alpha value is -0.890. The molecule has 1 heterocycles. The Labute approximate surface area is 111 Å². The molecule has 0 saturated heterocycles. The molecule has 2 unspecified atom stereocenters. The zero-order valence-electron chi connectivity index (χ0n) is 11.7. The van der Waals surface area contributed by atoms with Gasteiger partial charge < -0.3 is 5.73 Å². The maximum atomic E-state index is 6.61. The van der Waals surface area contributed by atoms with Crippen LogP contribution in [-0.2, 0) is 6.42 Å². The summed E-state index contributed by atoms with van der Waals surface area (Å²) < 4.78 is 0. The van der Waals surface area contributed by atoms with E-state index in [1.165, 1.54) is 19.3 Å². The van der Waals surface area contributed by atoms with E-state index in [0.29, 0.717) is 0 Å². The first-order valence-corrected chi connectivity index (χ1v) is 7.28. The quantitative estimate of drug-likeness (QED) is 0.828. The molecule has 0 aromatic carbocycles. The van der Waals surface area contributed by atoms with Gasteiger partial charge in [0.05, 0.1) is 0 Å². The fraction of sp³-hybridized carbons (Fsp3) is 0.688. The van der Waals surface area contributed by atoms with Crippen molar-refractivity contribution in [2.24, 2.45) is 17.6 Å². The first-order valence-electron chi connectivity index (χ1n) is 7.28. The van der Waals surface area contributed by atoms with E-state index < -0.39 is 0 Å². The normalized spacial score (nSPS) is 29.2. The van der Waals surface area contributed by atoms with Crippen molar-refractivity contribution in [3.63, 3.8) is 0 Å². The molecule has 2 N–H and O–H groups in total. The Morgan fingerprint density at radius 2 is 2.17 bits per heavy atom. The van der Waals surface area contributed by atoms with E-state index in [9.17, 15) is 0 Å². The maximum Gasteiger partial charge on any atom is 0.0421 e. The van der Waals surface area contributed by atoms with Gasteiger partial charge in [0.1, 0.15) is 0 Å². The van der Waals surface area contributed by atoms with Crippen molar-refractivity contribution in [1.82, 2.24) is 4.98 Å². The molecule has 0 aliphatic heterocycles. The number of pyridine rings is 1. The van der Waals surface area contributed by atoms with Crippen LogP contribution in [0.25, 0.3) is 0 Å². The standard InChI is InChI=1S/C16H26N2/c1-13(2)14-6-5-9-16(17,10-8-14)12-15-7-3-4-11-18-15/h3-4,7,11,13-14H,5-6,8-10,12,17H2,1-2H3. The Morgan fingerprint density at radius 3 is 2.83 bits per heavy atom. The summed E-state index contributed by atoms with van der Waals surface area (Å²) in [4.78, 5) is 4.42. The summed E-state index contributed by atoms with van der Waals surface area (Å²) in [7, 11) is 0. The molecule has 1 saturated carbocycles. The van der Waals surface area contributed by atoms with Crippen molar-refractivity contribution in [1.29, 1.82) is 0 Å². The third-order valence-electron chi connectivity index (χ3n) is 4.46. The molecule has 2 rings (SSSR count). The summed E-state index contributed by atoms with van der Waals surface area (Å²) in [5.41, 5.74) is 7.73. The van der Waals surface area contributed by atoms with Crippen molar-refractivity contribution < 1.29 is 0 Å². The second kappa shape index (κ2) is 5.83. The van der Waals surface area contributed by atoms with Crippen molar-refractivity contribution in [3.8, 4) is 0 Å². The van der Waals surface area contributed by atoms with Gasteiger partial charge in [0.15, 0.2) is 0 Å². The predicted octanol–water partition coefficient (Wildman–Crippen LogP) is 3.56. The van der Waals surface area contributed by atoms with Crippen LogP contribution >= 0.6 is 0 Å². The van der Waals surface area contributed by atoms with E-state index in [2.05, 4.69) is 31.0 Å². The van der Waals surface area contributed by atoms with Gasteiger partial charge in [-0.15, -0.1) is 0 Å². The lowest BCUT2D eigenvalue weighted by Gasteiger charge is -2.28. The zero-order valence-corrected chi connectivity index (χ0v) is 11.7. The average molecular weight is 246 g/mol. The first kappa shape index (κ1) is 13.5. The van der Waals surface area contributed by atoms with Crippen LogP contribution in [0.1, 0.15) is 51.6 Å². The van der Waals surface area contributed by atoms with Crippen LogP contribution in [0.5, 0.6) is 0 Å². The van der Waals surface area contributed by atoms with Gasteiger partial charge in [-0.05, 0) is 43.2 Å². The van der Waals surface area contributed by atoms with Crippen molar-refractivity contribution >= 4 is 0 Å². The maximum absolute atomic E-state index is 6.61. The minimum absolute atomic E-state index is 0.0298. The number of rotatable bonds is 3. The Kier molecular flexibility index (Phi) is 4.39. The highest BCUT2D eigenvalue weighted by atomic mass is 14.8. The molecule has 18 heavy (non-hydrogen) atoms. The molecule has 1 aliphatic carbocycles. The molecule has 0 amide bonds. The van der Waals surface area contributed by atoms with Gasteiger partial charge in [-0.1, -0.05) is 32.8 Å². The van der Waals surface area contributed by atoms with Gasteiger partial charge in [0, 0.05) is 23.9 Å². The molecule has 0 bridgehead atoms. The van der Waals surface area contributed by atoms with Gasteiger partial charge >= 0.3 is 0 Å². The van der Waals surface area contributed by atoms with Crippen LogP contribution in [0, 0.1) is 11.8 Å². The Morgan fingerprint density at radius 1 is 1.33 bits per heavy atom. The van der Waals surface area contributed by atoms with Crippen LogP contribution in [0.2, 0.25) is 0 Å². The van der Waals surface area contributed by atoms with E-state index in [0.717, 1.165) is 36.8 Å². The third kappa shape index (κ3) is 3.55. The minimum atomic E-state index is -0.0298. The highest BCUT2D eigenvalue weighted by Crippen LogP contribution is 2.34. The van der Waals surface area contributed by atoms with E-state index in [1.54, 1.807) is 0 Å². The Bertz CT molecular complexity index is 361. The zero-order chi connectivity index (χ0) is 13.0. The fourth-order valence-electron chi connectivity index (χ4n) is 3.17. The molecule has 2 nitrogen and oxygen atoms in total. The smallest absolute Gasteiger partial charge is 0.0421 e. The number of nitrogens with two attached hydrogens (primary N) is 1. The van der Waals surface area contributed by atoms with Gasteiger partial charge in [0.2, 0.25) is 0 Å². The molecule has 0 radical (unpaired) electrons. The van der Waals surface area contributed by atoms with Gasteiger partial charge in [0.25, 0.3) is 0 Å². The predicted molar refractivity (Wildman–Crippen MR) is 76.3 cm³/mol. The average Bonchev–Trinajstić information content (AvgIpc) is 2.52. The molecule has 100 valence electrons. The summed E-state index contributed by atoms with van der Waals surface area (Å²) in [6, 6.07) is 6.12. The minimum Gasteiger partial charge on any atom is -0.325 e. The molecule has 2 heteroatoms. The van der Waals surface area contributed by atoms with Crippen molar-refractivity contribution in [2.45, 2.75) is 57.9 Å². The number of hydrogen-bond donors (Lipinski definition) is 1. The number of nitrogens with zero attached hydrogens (tertiary/aromatic N) is 1. The summed E-state index contributed by atoms with van der Waals surface area (Å²) in [6.45, 7) is 4.68. The van der Waals surface area contributed by atoms with Gasteiger partial charge in [-0.25, -0.2) is 0 Å². The molecule has 1 aromatic rings. The molecule has 2 atom stereocenters. The lowest BCUT2D eigenvalue weighted by molar-refractivity contribution is 0.321. The fourth-order valence-corrected chi connectivity index (χ4v) is 3.17. The van der Waals surface area contributed by atoms with Crippen LogP contribution in [0.15, 0.2) is 24.4 Å². The molecular formula is C16H26N2. The van der Waals surface area contributed by atoms with Crippen molar-refractivity contribution in [2.75, 3.05) is 0 Å². The van der Waals surface area contributed by atoms with E-state index >= 15 is 0 Å². The summed E-state index contributed by atoms with van der Waals surface area (Å²) in [5, 5.41) is 0. The highest BCUT2D eigenvalue weighted by Gasteiger charge is 2.30. The summed E-state index contributed by atoms with van der Waals surface area (Å²) >= 11 is 0. The Balaban J connectivity index is 1.99. The summed E-state index contributed by atoms with van der Waals surface area (Å²) in [6.07, 6.45) is 8.98. The summed E-state index contributed by atoms with van der Waals surface area (Å²) in [5.74, 6) is 1.65. The van der Waals surface area contributed by atoms with E-state index in [4.69, 9.17) is 5.73 Å². The SMILES string of the molecule is CC(C)C1CCCC(N)(Cc2ccccn2)CC1. The second-order valence-electron chi connectivity index (χ2n) is 6.30. The lowest BCUT2D eigenvalue weighted by Crippen LogP contribution is -2.41. The topological polar surface area (TPSA) is 38.9 Å². The largest absolute Gasteiger partial charge is 0.325 e. The number of aromatic nitrogens is 1. The third-order valence-corrected chi connectivity index (χ3v) is 4.46. The lowest BCUT2D eigenvalue weighted by atomic mass is 9.84. The van der Waals surface area contributed by atoms with E-state index in [-0.39, 0.29) is 5.54 Å². The van der Waals surface area contributed by atoms with Crippen LogP contribution in [-0.4, -0.2) is 10.5 Å². The van der Waals surface area contributed by atoms with Crippen molar-refractivity contribution in [3.05, 3.63) is 30.1 Å². The molecule has 1 fully saturated rings.